The van der Waals surface area contributed by atoms with Crippen LogP contribution in [0.5, 0.6) is 0 Å². The quantitative estimate of drug-likeness (QED) is 0.800. The molecule has 1 aromatic heterocycles. The van der Waals surface area contributed by atoms with Gasteiger partial charge in [-0.3, -0.25) is 4.98 Å². The van der Waals surface area contributed by atoms with Crippen LogP contribution in [0.15, 0.2) is 42.7 Å². The Hall–Kier alpha value is -1.42. The molecule has 18 heavy (non-hydrogen) atoms. The predicted octanol–water partition coefficient (Wildman–Crippen LogP) is 3.75. The number of aromatic nitrogens is 1. The molecule has 0 unspecified atom stereocenters. The first-order chi connectivity index (χ1) is 8.72. The molecule has 0 amide bonds. The molecule has 0 fully saturated rings. The molecule has 0 spiro atoms. The van der Waals surface area contributed by atoms with Crippen molar-refractivity contribution >= 4 is 21.6 Å². The Morgan fingerprint density at radius 1 is 1.22 bits per heavy atom. The summed E-state index contributed by atoms with van der Waals surface area (Å²) in [5, 5.41) is 0.640. The van der Waals surface area contributed by atoms with Crippen molar-refractivity contribution in [3.05, 3.63) is 59.7 Å². The molecular formula is C14H14BrFN2. The van der Waals surface area contributed by atoms with E-state index in [1.165, 1.54) is 6.07 Å². The van der Waals surface area contributed by atoms with Gasteiger partial charge in [-0.05, 0) is 29.3 Å². The maximum atomic E-state index is 13.9. The van der Waals surface area contributed by atoms with Crippen LogP contribution in [0.2, 0.25) is 0 Å². The van der Waals surface area contributed by atoms with Gasteiger partial charge in [0.15, 0.2) is 0 Å². The Balaban J connectivity index is 2.26. The number of rotatable bonds is 4. The van der Waals surface area contributed by atoms with Crippen LogP contribution >= 0.6 is 15.9 Å². The lowest BCUT2D eigenvalue weighted by molar-refractivity contribution is 0.620. The Morgan fingerprint density at radius 2 is 1.94 bits per heavy atom. The summed E-state index contributed by atoms with van der Waals surface area (Å²) in [6.45, 7) is 0.656. The van der Waals surface area contributed by atoms with Gasteiger partial charge >= 0.3 is 0 Å². The first-order valence-corrected chi connectivity index (χ1v) is 6.78. The van der Waals surface area contributed by atoms with Crippen LogP contribution in [0.3, 0.4) is 0 Å². The molecule has 1 aromatic carbocycles. The van der Waals surface area contributed by atoms with Crippen LogP contribution in [-0.4, -0.2) is 12.0 Å². The summed E-state index contributed by atoms with van der Waals surface area (Å²) in [4.78, 5) is 5.89. The molecule has 1 heterocycles. The number of para-hydroxylation sites is 1. The number of hydrogen-bond acceptors (Lipinski definition) is 2. The van der Waals surface area contributed by atoms with Crippen LogP contribution < -0.4 is 4.90 Å². The summed E-state index contributed by atoms with van der Waals surface area (Å²) in [7, 11) is 1.89. The van der Waals surface area contributed by atoms with Crippen LogP contribution in [0.25, 0.3) is 0 Å². The van der Waals surface area contributed by atoms with Gasteiger partial charge in [0.05, 0.1) is 5.69 Å². The molecule has 2 nitrogen and oxygen atoms in total. The predicted molar refractivity (Wildman–Crippen MR) is 75.4 cm³/mol. The molecule has 0 saturated heterocycles. The second kappa shape index (κ2) is 5.96. The van der Waals surface area contributed by atoms with Crippen LogP contribution in [-0.2, 0) is 11.9 Å². The zero-order valence-electron chi connectivity index (χ0n) is 10.1. The third kappa shape index (κ3) is 2.88. The molecule has 0 N–H and O–H groups in total. The van der Waals surface area contributed by atoms with Gasteiger partial charge in [0.1, 0.15) is 5.82 Å². The minimum atomic E-state index is -0.191. The number of halogens is 2. The van der Waals surface area contributed by atoms with Crippen LogP contribution in [0.4, 0.5) is 10.1 Å². The summed E-state index contributed by atoms with van der Waals surface area (Å²) in [5.41, 5.74) is 2.70. The van der Waals surface area contributed by atoms with Crippen molar-refractivity contribution in [2.45, 2.75) is 11.9 Å². The number of alkyl halides is 1. The van der Waals surface area contributed by atoms with E-state index in [0.717, 1.165) is 11.1 Å². The van der Waals surface area contributed by atoms with E-state index in [1.54, 1.807) is 18.5 Å². The van der Waals surface area contributed by atoms with Crippen molar-refractivity contribution in [1.82, 2.24) is 4.98 Å². The maximum absolute atomic E-state index is 13.9. The maximum Gasteiger partial charge on any atom is 0.146 e. The lowest BCUT2D eigenvalue weighted by Crippen LogP contribution is -2.19. The average Bonchev–Trinajstić information content (AvgIpc) is 2.39. The van der Waals surface area contributed by atoms with Gasteiger partial charge in [0, 0.05) is 31.3 Å². The summed E-state index contributed by atoms with van der Waals surface area (Å²) >= 11 is 3.39. The van der Waals surface area contributed by atoms with E-state index in [4.69, 9.17) is 0 Å². The number of pyridine rings is 1. The smallest absolute Gasteiger partial charge is 0.146 e. The topological polar surface area (TPSA) is 16.1 Å². The lowest BCUT2D eigenvalue weighted by Gasteiger charge is -2.22. The van der Waals surface area contributed by atoms with Crippen molar-refractivity contribution in [2.24, 2.45) is 0 Å². The molecule has 0 atom stereocenters. The Labute approximate surface area is 115 Å². The molecule has 94 valence electrons. The van der Waals surface area contributed by atoms with Gasteiger partial charge in [-0.1, -0.05) is 28.1 Å². The fourth-order valence-corrected chi connectivity index (χ4v) is 2.39. The molecule has 0 bridgehead atoms. The summed E-state index contributed by atoms with van der Waals surface area (Å²) in [6, 6.07) is 9.02. The molecule has 0 aliphatic carbocycles. The van der Waals surface area contributed by atoms with E-state index in [0.29, 0.717) is 17.6 Å². The minimum absolute atomic E-state index is 0.191. The number of hydrogen-bond donors (Lipinski definition) is 0. The van der Waals surface area contributed by atoms with Crippen molar-refractivity contribution in [2.75, 3.05) is 11.9 Å². The summed E-state index contributed by atoms with van der Waals surface area (Å²) in [5.74, 6) is -0.191. The lowest BCUT2D eigenvalue weighted by atomic mass is 10.1. The molecular weight excluding hydrogens is 295 g/mol. The molecule has 0 radical (unpaired) electrons. The van der Waals surface area contributed by atoms with Gasteiger partial charge in [-0.2, -0.15) is 0 Å². The monoisotopic (exact) mass is 308 g/mol. The number of nitrogens with zero attached hydrogens (tertiary/aromatic N) is 2. The molecule has 2 aromatic rings. The number of benzene rings is 1. The highest BCUT2D eigenvalue weighted by Crippen LogP contribution is 2.26. The van der Waals surface area contributed by atoms with E-state index < -0.39 is 0 Å². The standard InChI is InChI=1S/C14H14BrFN2/c1-18(10-11-5-7-17-8-6-11)14-12(9-15)3-2-4-13(14)16/h2-8H,9-10H2,1H3. The Bertz CT molecular complexity index is 516. The highest BCUT2D eigenvalue weighted by Gasteiger charge is 2.12. The molecule has 0 aliphatic heterocycles. The zero-order chi connectivity index (χ0) is 13.0. The highest BCUT2D eigenvalue weighted by molar-refractivity contribution is 9.08. The minimum Gasteiger partial charge on any atom is -0.368 e. The molecule has 4 heteroatoms. The zero-order valence-corrected chi connectivity index (χ0v) is 11.7. The van der Waals surface area contributed by atoms with Crippen molar-refractivity contribution in [3.8, 4) is 0 Å². The van der Waals surface area contributed by atoms with Gasteiger partial charge in [0.2, 0.25) is 0 Å². The average molecular weight is 309 g/mol. The third-order valence-electron chi connectivity index (χ3n) is 2.77. The fraction of sp³-hybridized carbons (Fsp3) is 0.214. The highest BCUT2D eigenvalue weighted by atomic mass is 79.9. The second-order valence-corrected chi connectivity index (χ2v) is 4.65. The van der Waals surface area contributed by atoms with E-state index in [9.17, 15) is 4.39 Å². The Kier molecular flexibility index (Phi) is 4.31. The molecule has 2 rings (SSSR count). The van der Waals surface area contributed by atoms with Crippen LogP contribution in [0, 0.1) is 5.82 Å². The number of anilines is 1. The SMILES string of the molecule is CN(Cc1ccncc1)c1c(F)cccc1CBr. The first kappa shape index (κ1) is 13.0. The molecule has 0 aliphatic rings. The molecule has 0 saturated carbocycles. The third-order valence-corrected chi connectivity index (χ3v) is 3.37. The van der Waals surface area contributed by atoms with Gasteiger partial charge in [-0.15, -0.1) is 0 Å². The van der Waals surface area contributed by atoms with Gasteiger partial charge in [-0.25, -0.2) is 4.39 Å². The summed E-state index contributed by atoms with van der Waals surface area (Å²) in [6.07, 6.45) is 3.49. The van der Waals surface area contributed by atoms with Crippen LogP contribution in [0.1, 0.15) is 11.1 Å². The van der Waals surface area contributed by atoms with E-state index in [1.807, 2.05) is 30.1 Å². The van der Waals surface area contributed by atoms with Crippen molar-refractivity contribution in [3.63, 3.8) is 0 Å². The van der Waals surface area contributed by atoms with Gasteiger partial charge in [0.25, 0.3) is 0 Å². The van der Waals surface area contributed by atoms with Crippen molar-refractivity contribution < 1.29 is 4.39 Å². The van der Waals surface area contributed by atoms with Gasteiger partial charge < -0.3 is 4.90 Å². The summed E-state index contributed by atoms with van der Waals surface area (Å²) < 4.78 is 13.9. The largest absolute Gasteiger partial charge is 0.368 e. The second-order valence-electron chi connectivity index (χ2n) is 4.09. The van der Waals surface area contributed by atoms with E-state index >= 15 is 0 Å². The fourth-order valence-electron chi connectivity index (χ4n) is 1.94. The first-order valence-electron chi connectivity index (χ1n) is 5.65. The van der Waals surface area contributed by atoms with Crippen molar-refractivity contribution in [1.29, 1.82) is 0 Å². The van der Waals surface area contributed by atoms with E-state index in [2.05, 4.69) is 20.9 Å². The Morgan fingerprint density at radius 3 is 2.61 bits per heavy atom. The normalized spacial score (nSPS) is 10.4. The van der Waals surface area contributed by atoms with E-state index in [-0.39, 0.29) is 5.82 Å².